The minimum absolute atomic E-state index is 0.919. The fourth-order valence-electron chi connectivity index (χ4n) is 6.19. The normalized spacial score (nSPS) is 11.8. The zero-order chi connectivity index (χ0) is 25.2. The summed E-state index contributed by atoms with van der Waals surface area (Å²) in [5.74, 6) is 0. The molecule has 178 valence electrons. The molecule has 1 aromatic heterocycles. The first-order chi connectivity index (χ1) is 18.8. The number of aryl methyl sites for hydroxylation is 1. The van der Waals surface area contributed by atoms with E-state index in [1.54, 1.807) is 0 Å². The van der Waals surface area contributed by atoms with Gasteiger partial charge in [0.25, 0.3) is 0 Å². The Morgan fingerprint density at radius 3 is 1.66 bits per heavy atom. The highest BCUT2D eigenvalue weighted by Gasteiger charge is 2.15. The Balaban J connectivity index is 1.40. The van der Waals surface area contributed by atoms with Gasteiger partial charge in [0.15, 0.2) is 0 Å². The van der Waals surface area contributed by atoms with E-state index < -0.39 is 0 Å². The van der Waals surface area contributed by atoms with Crippen LogP contribution in [-0.4, -0.2) is 0 Å². The van der Waals surface area contributed by atoms with Crippen LogP contribution in [-0.2, 0) is 0 Å². The standard InChI is InChI=1S/C37H24O/c1-23-9-2-3-10-26(23)32-15-8-16-36-37(32)34-22-25(18-20-35(34)38-36)24-17-19-31-29-13-5-4-11-27(29)28-12-6-7-14-30(28)33(31)21-24/h2-22H,1H3. The van der Waals surface area contributed by atoms with Gasteiger partial charge in [-0.15, -0.1) is 0 Å². The summed E-state index contributed by atoms with van der Waals surface area (Å²) in [7, 11) is 0. The van der Waals surface area contributed by atoms with E-state index in [1.807, 2.05) is 0 Å². The van der Waals surface area contributed by atoms with Gasteiger partial charge in [-0.2, -0.15) is 0 Å². The van der Waals surface area contributed by atoms with Gasteiger partial charge in [0.1, 0.15) is 11.2 Å². The quantitative estimate of drug-likeness (QED) is 0.222. The van der Waals surface area contributed by atoms with E-state index in [-0.39, 0.29) is 0 Å². The molecule has 7 aromatic carbocycles. The summed E-state index contributed by atoms with van der Waals surface area (Å²) in [6.07, 6.45) is 0. The molecule has 1 heterocycles. The van der Waals surface area contributed by atoms with Gasteiger partial charge in [0, 0.05) is 10.8 Å². The van der Waals surface area contributed by atoms with E-state index in [2.05, 4.69) is 134 Å². The molecule has 0 N–H and O–H groups in total. The third-order valence-electron chi connectivity index (χ3n) is 8.01. The largest absolute Gasteiger partial charge is 0.456 e. The first kappa shape index (κ1) is 21.2. The van der Waals surface area contributed by atoms with Crippen molar-refractivity contribution in [1.82, 2.24) is 0 Å². The molecule has 0 bridgehead atoms. The molecule has 1 nitrogen and oxygen atoms in total. The van der Waals surface area contributed by atoms with Crippen molar-refractivity contribution in [3.8, 4) is 22.3 Å². The summed E-state index contributed by atoms with van der Waals surface area (Å²) in [6, 6.07) is 45.9. The summed E-state index contributed by atoms with van der Waals surface area (Å²) in [5.41, 5.74) is 7.97. The predicted octanol–water partition coefficient (Wildman–Crippen LogP) is 10.7. The average molecular weight is 485 g/mol. The van der Waals surface area contributed by atoms with Gasteiger partial charge < -0.3 is 4.42 Å². The van der Waals surface area contributed by atoms with Gasteiger partial charge in [-0.3, -0.25) is 0 Å². The molecule has 0 atom stereocenters. The second-order valence-electron chi connectivity index (χ2n) is 10.2. The first-order valence-electron chi connectivity index (χ1n) is 13.1. The highest BCUT2D eigenvalue weighted by atomic mass is 16.3. The molecule has 0 radical (unpaired) electrons. The van der Waals surface area contributed by atoms with Crippen LogP contribution < -0.4 is 0 Å². The van der Waals surface area contributed by atoms with Gasteiger partial charge in [-0.05, 0) is 91.3 Å². The topological polar surface area (TPSA) is 13.1 Å². The molecule has 8 aromatic rings. The maximum absolute atomic E-state index is 6.32. The molecule has 0 fully saturated rings. The second kappa shape index (κ2) is 8.06. The lowest BCUT2D eigenvalue weighted by molar-refractivity contribution is 0.669. The summed E-state index contributed by atoms with van der Waals surface area (Å²) in [6.45, 7) is 2.17. The Kier molecular flexibility index (Phi) is 4.50. The van der Waals surface area contributed by atoms with Crippen LogP contribution in [0.5, 0.6) is 0 Å². The highest BCUT2D eigenvalue weighted by molar-refractivity contribution is 6.25. The maximum atomic E-state index is 6.32. The number of fused-ring (bicyclic) bond motifs is 9. The van der Waals surface area contributed by atoms with E-state index in [9.17, 15) is 0 Å². The third-order valence-corrected chi connectivity index (χ3v) is 8.01. The molecule has 8 rings (SSSR count). The van der Waals surface area contributed by atoms with Crippen molar-refractivity contribution in [3.63, 3.8) is 0 Å². The van der Waals surface area contributed by atoms with Crippen LogP contribution in [0, 0.1) is 6.92 Å². The minimum Gasteiger partial charge on any atom is -0.456 e. The van der Waals surface area contributed by atoms with Crippen molar-refractivity contribution >= 4 is 54.3 Å². The van der Waals surface area contributed by atoms with Crippen LogP contribution in [0.3, 0.4) is 0 Å². The van der Waals surface area contributed by atoms with Crippen LogP contribution in [0.1, 0.15) is 5.56 Å². The Labute approximate surface area is 220 Å². The van der Waals surface area contributed by atoms with Crippen molar-refractivity contribution < 1.29 is 4.42 Å². The van der Waals surface area contributed by atoms with Crippen molar-refractivity contribution in [2.75, 3.05) is 0 Å². The molecular formula is C37H24O. The lowest BCUT2D eigenvalue weighted by Crippen LogP contribution is -1.85. The van der Waals surface area contributed by atoms with Crippen molar-refractivity contribution in [2.24, 2.45) is 0 Å². The van der Waals surface area contributed by atoms with Crippen molar-refractivity contribution in [1.29, 1.82) is 0 Å². The first-order valence-corrected chi connectivity index (χ1v) is 13.1. The summed E-state index contributed by atoms with van der Waals surface area (Å²) in [5, 5.41) is 10.1. The number of hydrogen-bond donors (Lipinski definition) is 0. The Morgan fingerprint density at radius 2 is 0.947 bits per heavy atom. The smallest absolute Gasteiger partial charge is 0.136 e. The number of furan rings is 1. The van der Waals surface area contributed by atoms with Gasteiger partial charge in [0.05, 0.1) is 0 Å². The van der Waals surface area contributed by atoms with Crippen LogP contribution in [0.15, 0.2) is 132 Å². The molecule has 0 amide bonds. The van der Waals surface area contributed by atoms with E-state index in [0.717, 1.165) is 16.6 Å². The lowest BCUT2D eigenvalue weighted by atomic mass is 9.91. The molecule has 0 aliphatic rings. The van der Waals surface area contributed by atoms with Gasteiger partial charge in [-0.25, -0.2) is 0 Å². The van der Waals surface area contributed by atoms with Crippen LogP contribution >= 0.6 is 0 Å². The third kappa shape index (κ3) is 3.06. The summed E-state index contributed by atoms with van der Waals surface area (Å²) < 4.78 is 6.32. The molecule has 1 heteroatoms. The number of hydrogen-bond acceptors (Lipinski definition) is 1. The van der Waals surface area contributed by atoms with E-state index in [4.69, 9.17) is 4.42 Å². The molecule has 0 unspecified atom stereocenters. The minimum atomic E-state index is 0.919. The second-order valence-corrected chi connectivity index (χ2v) is 10.2. The van der Waals surface area contributed by atoms with Crippen LogP contribution in [0.4, 0.5) is 0 Å². The molecular weight excluding hydrogens is 460 g/mol. The van der Waals surface area contributed by atoms with Crippen molar-refractivity contribution in [2.45, 2.75) is 6.92 Å². The lowest BCUT2D eigenvalue weighted by Gasteiger charge is -2.12. The van der Waals surface area contributed by atoms with Crippen molar-refractivity contribution in [3.05, 3.63) is 133 Å². The maximum Gasteiger partial charge on any atom is 0.136 e. The van der Waals surface area contributed by atoms with Gasteiger partial charge >= 0.3 is 0 Å². The molecule has 0 saturated carbocycles. The van der Waals surface area contributed by atoms with Crippen LogP contribution in [0.2, 0.25) is 0 Å². The predicted molar refractivity (Wildman–Crippen MR) is 162 cm³/mol. The van der Waals surface area contributed by atoms with Crippen LogP contribution in [0.25, 0.3) is 76.5 Å². The highest BCUT2D eigenvalue weighted by Crippen LogP contribution is 2.41. The molecule has 0 saturated heterocycles. The van der Waals surface area contributed by atoms with E-state index in [0.29, 0.717) is 0 Å². The van der Waals surface area contributed by atoms with E-state index >= 15 is 0 Å². The summed E-state index contributed by atoms with van der Waals surface area (Å²) >= 11 is 0. The van der Waals surface area contributed by atoms with Gasteiger partial charge in [0.2, 0.25) is 0 Å². The van der Waals surface area contributed by atoms with Gasteiger partial charge in [-0.1, -0.05) is 103 Å². The van der Waals surface area contributed by atoms with E-state index in [1.165, 1.54) is 65.5 Å². The average Bonchev–Trinajstić information content (AvgIpc) is 3.36. The zero-order valence-corrected chi connectivity index (χ0v) is 21.0. The monoisotopic (exact) mass is 484 g/mol. The Bertz CT molecular complexity index is 2160. The fraction of sp³-hybridized carbons (Fsp3) is 0.0270. The molecule has 0 aliphatic heterocycles. The summed E-state index contributed by atoms with van der Waals surface area (Å²) in [4.78, 5) is 0. The Hall–Kier alpha value is -4.88. The Morgan fingerprint density at radius 1 is 0.395 bits per heavy atom. The number of rotatable bonds is 2. The molecule has 0 aliphatic carbocycles. The zero-order valence-electron chi connectivity index (χ0n) is 21.0. The number of benzene rings is 7. The molecule has 38 heavy (non-hydrogen) atoms. The molecule has 0 spiro atoms. The fourth-order valence-corrected chi connectivity index (χ4v) is 6.19. The SMILES string of the molecule is Cc1ccccc1-c1cccc2oc3ccc(-c4ccc5c6ccccc6c6ccccc6c5c4)cc3c12.